The van der Waals surface area contributed by atoms with E-state index in [1.165, 1.54) is 29.4 Å². The van der Waals surface area contributed by atoms with Crippen molar-refractivity contribution >= 4 is 12.1 Å². The van der Waals surface area contributed by atoms with Crippen LogP contribution in [0.3, 0.4) is 0 Å². The highest BCUT2D eigenvalue weighted by molar-refractivity contribution is 5.90. The Morgan fingerprint density at radius 1 is 1.11 bits per heavy atom. The molecule has 1 aliphatic rings. The Morgan fingerprint density at radius 2 is 1.89 bits per heavy atom. The Balaban J connectivity index is 1.68. The van der Waals surface area contributed by atoms with Crippen LogP contribution in [-0.4, -0.2) is 41.2 Å². The molecule has 1 aromatic heterocycles. The first kappa shape index (κ1) is 25.4. The van der Waals surface area contributed by atoms with Crippen molar-refractivity contribution in [3.05, 3.63) is 88.7 Å². The van der Waals surface area contributed by atoms with E-state index in [9.17, 15) is 9.59 Å². The molecule has 0 saturated heterocycles. The fourth-order valence-electron chi connectivity index (χ4n) is 4.85. The van der Waals surface area contributed by atoms with E-state index in [0.717, 1.165) is 17.5 Å². The molecule has 1 amide bonds. The summed E-state index contributed by atoms with van der Waals surface area (Å²) in [7, 11) is 1.38. The summed E-state index contributed by atoms with van der Waals surface area (Å²) in [5.74, 6) is -0.386. The number of nitrogens with zero attached hydrogens (tertiary/aromatic N) is 2. The molecule has 188 valence electrons. The molecule has 0 saturated carbocycles. The second kappa shape index (κ2) is 10.5. The monoisotopic (exact) mass is 486 g/mol. The predicted octanol–water partition coefficient (Wildman–Crippen LogP) is 6.31. The SMILES string of the molecule is COC(=O)c1ccncc1CC[C@H]1c2ccc(-c3ccccc3C)cc2CCN1C(=O)OC(C)(C)C. The number of pyridine rings is 1. The highest BCUT2D eigenvalue weighted by Crippen LogP contribution is 2.37. The molecule has 0 fully saturated rings. The zero-order chi connectivity index (χ0) is 25.9. The molecule has 0 bridgehead atoms. The molecule has 6 nitrogen and oxygen atoms in total. The van der Waals surface area contributed by atoms with Crippen molar-refractivity contribution in [2.45, 2.75) is 58.6 Å². The molecule has 0 radical (unpaired) electrons. The minimum absolute atomic E-state index is 0.180. The van der Waals surface area contributed by atoms with Crippen LogP contribution < -0.4 is 0 Å². The van der Waals surface area contributed by atoms with Gasteiger partial charge in [-0.1, -0.05) is 42.5 Å². The van der Waals surface area contributed by atoms with Crippen molar-refractivity contribution in [1.82, 2.24) is 9.88 Å². The maximum absolute atomic E-state index is 13.2. The van der Waals surface area contributed by atoms with Crippen molar-refractivity contribution < 1.29 is 19.1 Å². The van der Waals surface area contributed by atoms with Gasteiger partial charge in [-0.15, -0.1) is 0 Å². The Morgan fingerprint density at radius 3 is 2.61 bits per heavy atom. The highest BCUT2D eigenvalue weighted by Gasteiger charge is 2.34. The van der Waals surface area contributed by atoms with Crippen LogP contribution in [0.2, 0.25) is 0 Å². The summed E-state index contributed by atoms with van der Waals surface area (Å²) in [5, 5.41) is 0. The number of esters is 1. The number of hydrogen-bond acceptors (Lipinski definition) is 5. The smallest absolute Gasteiger partial charge is 0.410 e. The number of aromatic nitrogens is 1. The van der Waals surface area contributed by atoms with Gasteiger partial charge < -0.3 is 14.4 Å². The molecule has 2 heterocycles. The molecule has 1 atom stereocenters. The third-order valence-corrected chi connectivity index (χ3v) is 6.58. The van der Waals surface area contributed by atoms with E-state index in [1.54, 1.807) is 18.5 Å². The lowest BCUT2D eigenvalue weighted by atomic mass is 9.86. The highest BCUT2D eigenvalue weighted by atomic mass is 16.6. The van der Waals surface area contributed by atoms with E-state index in [0.29, 0.717) is 24.9 Å². The molecule has 0 aliphatic carbocycles. The van der Waals surface area contributed by atoms with E-state index in [2.05, 4.69) is 48.3 Å². The maximum Gasteiger partial charge on any atom is 0.410 e. The Hall–Kier alpha value is -3.67. The van der Waals surface area contributed by atoms with Crippen molar-refractivity contribution in [3.63, 3.8) is 0 Å². The van der Waals surface area contributed by atoms with Crippen molar-refractivity contribution in [3.8, 4) is 11.1 Å². The number of fused-ring (bicyclic) bond motifs is 1. The maximum atomic E-state index is 13.2. The van der Waals surface area contributed by atoms with Crippen molar-refractivity contribution in [2.75, 3.05) is 13.7 Å². The number of benzene rings is 2. The van der Waals surface area contributed by atoms with Crippen molar-refractivity contribution in [1.29, 1.82) is 0 Å². The fraction of sp³-hybridized carbons (Fsp3) is 0.367. The number of methoxy groups -OCH3 is 1. The molecule has 6 heteroatoms. The van der Waals surface area contributed by atoms with Crippen LogP contribution >= 0.6 is 0 Å². The first-order valence-corrected chi connectivity index (χ1v) is 12.4. The molecule has 0 N–H and O–H groups in total. The Labute approximate surface area is 213 Å². The standard InChI is InChI=1S/C30H34N2O4/c1-20-8-6-7-9-24(20)21-10-12-25-22(18-21)15-17-32(29(34)36-30(2,3)4)27(25)13-11-23-19-31-16-14-26(23)28(33)35-5/h6-10,12,14,16,18-19,27H,11,13,15,17H2,1-5H3/t27-/m0/s1. The van der Waals surface area contributed by atoms with Crippen LogP contribution in [0.5, 0.6) is 0 Å². The Bertz CT molecular complexity index is 1260. The van der Waals surface area contributed by atoms with E-state index >= 15 is 0 Å². The van der Waals surface area contributed by atoms with Crippen LogP contribution in [0.4, 0.5) is 4.79 Å². The average Bonchev–Trinajstić information content (AvgIpc) is 2.85. The quantitative estimate of drug-likeness (QED) is 0.395. The molecule has 0 unspecified atom stereocenters. The normalized spacial score (nSPS) is 15.2. The predicted molar refractivity (Wildman–Crippen MR) is 140 cm³/mol. The van der Waals surface area contributed by atoms with Gasteiger partial charge in [0.05, 0.1) is 18.7 Å². The molecule has 1 aliphatic heterocycles. The number of carbonyl (C=O) groups is 2. The lowest BCUT2D eigenvalue weighted by Gasteiger charge is -2.38. The van der Waals surface area contributed by atoms with Gasteiger partial charge in [0.15, 0.2) is 0 Å². The molecule has 0 spiro atoms. The molecule has 4 rings (SSSR count). The van der Waals surface area contributed by atoms with Gasteiger partial charge in [0.25, 0.3) is 0 Å². The number of rotatable bonds is 5. The third kappa shape index (κ3) is 5.59. The Kier molecular flexibility index (Phi) is 7.43. The number of aryl methyl sites for hydroxylation is 2. The zero-order valence-electron chi connectivity index (χ0n) is 21.7. The molecule has 2 aromatic carbocycles. The van der Waals surface area contributed by atoms with Gasteiger partial charge in [0, 0.05) is 18.9 Å². The lowest BCUT2D eigenvalue weighted by Crippen LogP contribution is -2.43. The van der Waals surface area contributed by atoms with E-state index in [1.807, 2.05) is 31.7 Å². The van der Waals surface area contributed by atoms with E-state index in [4.69, 9.17) is 9.47 Å². The summed E-state index contributed by atoms with van der Waals surface area (Å²) in [5.41, 5.74) is 6.69. The fourth-order valence-corrected chi connectivity index (χ4v) is 4.85. The second-order valence-corrected chi connectivity index (χ2v) is 10.2. The molecular formula is C30H34N2O4. The summed E-state index contributed by atoms with van der Waals surface area (Å²) in [6, 6.07) is 16.4. The summed E-state index contributed by atoms with van der Waals surface area (Å²) in [6.07, 6.45) is 4.93. The number of ether oxygens (including phenoxy) is 2. The van der Waals surface area contributed by atoms with Gasteiger partial charge in [-0.3, -0.25) is 4.98 Å². The largest absolute Gasteiger partial charge is 0.465 e. The van der Waals surface area contributed by atoms with Crippen LogP contribution in [-0.2, 0) is 22.3 Å². The van der Waals surface area contributed by atoms with Gasteiger partial charge in [-0.05, 0) is 86.4 Å². The minimum atomic E-state index is -0.585. The molecular weight excluding hydrogens is 452 g/mol. The lowest BCUT2D eigenvalue weighted by molar-refractivity contribution is 0.0132. The van der Waals surface area contributed by atoms with Gasteiger partial charge in [-0.2, -0.15) is 0 Å². The first-order chi connectivity index (χ1) is 17.2. The molecule has 3 aromatic rings. The van der Waals surface area contributed by atoms with Crippen LogP contribution in [0.1, 0.15) is 65.8 Å². The van der Waals surface area contributed by atoms with E-state index < -0.39 is 5.60 Å². The van der Waals surface area contributed by atoms with Crippen LogP contribution in [0, 0.1) is 6.92 Å². The first-order valence-electron chi connectivity index (χ1n) is 12.4. The van der Waals surface area contributed by atoms with Gasteiger partial charge >= 0.3 is 12.1 Å². The average molecular weight is 487 g/mol. The van der Waals surface area contributed by atoms with Gasteiger partial charge in [-0.25, -0.2) is 9.59 Å². The number of amides is 1. The minimum Gasteiger partial charge on any atom is -0.465 e. The van der Waals surface area contributed by atoms with Crippen molar-refractivity contribution in [2.24, 2.45) is 0 Å². The number of carbonyl (C=O) groups excluding carboxylic acids is 2. The summed E-state index contributed by atoms with van der Waals surface area (Å²) >= 11 is 0. The summed E-state index contributed by atoms with van der Waals surface area (Å²) < 4.78 is 10.7. The van der Waals surface area contributed by atoms with Crippen LogP contribution in [0.25, 0.3) is 11.1 Å². The topological polar surface area (TPSA) is 68.7 Å². The summed E-state index contributed by atoms with van der Waals surface area (Å²) in [6.45, 7) is 8.33. The zero-order valence-corrected chi connectivity index (χ0v) is 21.7. The van der Waals surface area contributed by atoms with Crippen LogP contribution in [0.15, 0.2) is 60.9 Å². The van der Waals surface area contributed by atoms with Gasteiger partial charge in [0.1, 0.15) is 5.60 Å². The third-order valence-electron chi connectivity index (χ3n) is 6.58. The molecule has 36 heavy (non-hydrogen) atoms. The van der Waals surface area contributed by atoms with Gasteiger partial charge in [0.2, 0.25) is 0 Å². The summed E-state index contributed by atoms with van der Waals surface area (Å²) in [4.78, 5) is 31.5. The van der Waals surface area contributed by atoms with E-state index in [-0.39, 0.29) is 18.1 Å². The number of hydrogen-bond donors (Lipinski definition) is 0. The second-order valence-electron chi connectivity index (χ2n) is 10.2.